The first-order valence-corrected chi connectivity index (χ1v) is 5.95. The van der Waals surface area contributed by atoms with Crippen molar-refractivity contribution in [3.63, 3.8) is 0 Å². The Morgan fingerprint density at radius 2 is 1.94 bits per heavy atom. The molecule has 1 aliphatic heterocycles. The standard InChI is InChI=1S/C13H18N2O/c1-16-10-4-2-9(3-5-10)6-15-13-11-7-14-8-12(11)13/h2-5,11-15H,6-8H2,1H3/t11-,12+,13?. The van der Waals surface area contributed by atoms with Crippen LogP contribution in [0, 0.1) is 11.8 Å². The van der Waals surface area contributed by atoms with Gasteiger partial charge in [0.2, 0.25) is 0 Å². The zero-order valence-corrected chi connectivity index (χ0v) is 9.57. The summed E-state index contributed by atoms with van der Waals surface area (Å²) in [5, 5.41) is 7.04. The molecule has 86 valence electrons. The number of piperidine rings is 1. The van der Waals surface area contributed by atoms with Gasteiger partial charge in [-0.25, -0.2) is 0 Å². The fourth-order valence-electron chi connectivity index (χ4n) is 2.70. The molecule has 1 aromatic rings. The van der Waals surface area contributed by atoms with E-state index in [-0.39, 0.29) is 0 Å². The molecule has 1 saturated heterocycles. The first-order valence-electron chi connectivity index (χ1n) is 5.95. The van der Waals surface area contributed by atoms with Crippen LogP contribution in [0.15, 0.2) is 24.3 Å². The predicted molar refractivity (Wildman–Crippen MR) is 63.5 cm³/mol. The molecule has 3 atom stereocenters. The lowest BCUT2D eigenvalue weighted by Gasteiger charge is -2.08. The van der Waals surface area contributed by atoms with E-state index in [1.54, 1.807) is 7.11 Å². The van der Waals surface area contributed by atoms with Gasteiger partial charge in [0.25, 0.3) is 0 Å². The van der Waals surface area contributed by atoms with Gasteiger partial charge in [-0.15, -0.1) is 0 Å². The van der Waals surface area contributed by atoms with E-state index in [9.17, 15) is 0 Å². The maximum atomic E-state index is 5.14. The molecular formula is C13H18N2O. The van der Waals surface area contributed by atoms with Crippen LogP contribution in [0.2, 0.25) is 0 Å². The highest BCUT2D eigenvalue weighted by Gasteiger charge is 2.52. The Labute approximate surface area is 96.2 Å². The van der Waals surface area contributed by atoms with Crippen LogP contribution in [0.1, 0.15) is 5.56 Å². The van der Waals surface area contributed by atoms with Gasteiger partial charge >= 0.3 is 0 Å². The van der Waals surface area contributed by atoms with Crippen LogP contribution in [0.4, 0.5) is 0 Å². The third-order valence-electron chi connectivity index (χ3n) is 3.79. The van der Waals surface area contributed by atoms with E-state index in [0.29, 0.717) is 0 Å². The van der Waals surface area contributed by atoms with E-state index in [4.69, 9.17) is 4.74 Å². The number of fused-ring (bicyclic) bond motifs is 1. The summed E-state index contributed by atoms with van der Waals surface area (Å²) in [5.41, 5.74) is 1.33. The minimum absolute atomic E-state index is 0.753. The lowest BCUT2D eigenvalue weighted by molar-refractivity contribution is 0.414. The molecule has 3 nitrogen and oxygen atoms in total. The SMILES string of the molecule is COc1ccc(CNC2[C@H]3CNC[C@@H]23)cc1. The van der Waals surface area contributed by atoms with Crippen molar-refractivity contribution in [2.45, 2.75) is 12.6 Å². The van der Waals surface area contributed by atoms with Crippen LogP contribution in [0.3, 0.4) is 0 Å². The first kappa shape index (κ1) is 10.1. The summed E-state index contributed by atoms with van der Waals surface area (Å²) in [4.78, 5) is 0. The summed E-state index contributed by atoms with van der Waals surface area (Å²) in [6, 6.07) is 9.05. The minimum atomic E-state index is 0.753. The van der Waals surface area contributed by atoms with Gasteiger partial charge in [-0.05, 0) is 42.6 Å². The molecule has 1 aromatic carbocycles. The van der Waals surface area contributed by atoms with Crippen molar-refractivity contribution in [3.05, 3.63) is 29.8 Å². The number of hydrogen-bond acceptors (Lipinski definition) is 3. The molecule has 0 aromatic heterocycles. The molecule has 2 aliphatic rings. The third-order valence-corrected chi connectivity index (χ3v) is 3.79. The van der Waals surface area contributed by atoms with Gasteiger partial charge in [-0.3, -0.25) is 0 Å². The molecule has 0 bridgehead atoms. The molecule has 3 rings (SSSR count). The highest BCUT2D eigenvalue weighted by molar-refractivity contribution is 5.27. The zero-order valence-electron chi connectivity index (χ0n) is 9.57. The van der Waals surface area contributed by atoms with Crippen LogP contribution in [0.5, 0.6) is 5.75 Å². The molecule has 16 heavy (non-hydrogen) atoms. The van der Waals surface area contributed by atoms with Crippen molar-refractivity contribution in [2.75, 3.05) is 20.2 Å². The lowest BCUT2D eigenvalue weighted by atomic mass is 10.2. The molecule has 0 amide bonds. The fourth-order valence-corrected chi connectivity index (χ4v) is 2.70. The lowest BCUT2D eigenvalue weighted by Crippen LogP contribution is -2.27. The van der Waals surface area contributed by atoms with Gasteiger partial charge in [0.05, 0.1) is 7.11 Å². The summed E-state index contributed by atoms with van der Waals surface area (Å²) in [7, 11) is 1.70. The monoisotopic (exact) mass is 218 g/mol. The molecule has 0 radical (unpaired) electrons. The topological polar surface area (TPSA) is 33.3 Å². The third kappa shape index (κ3) is 1.81. The quantitative estimate of drug-likeness (QED) is 0.791. The molecule has 1 aliphatic carbocycles. The fraction of sp³-hybridized carbons (Fsp3) is 0.538. The van der Waals surface area contributed by atoms with Crippen molar-refractivity contribution in [1.29, 1.82) is 0 Å². The number of hydrogen-bond donors (Lipinski definition) is 2. The van der Waals surface area contributed by atoms with E-state index in [0.717, 1.165) is 30.2 Å². The van der Waals surface area contributed by atoms with Crippen molar-refractivity contribution in [3.8, 4) is 5.75 Å². The van der Waals surface area contributed by atoms with Gasteiger partial charge in [0, 0.05) is 12.6 Å². The Kier molecular flexibility index (Phi) is 2.58. The normalized spacial score (nSPS) is 31.2. The van der Waals surface area contributed by atoms with Crippen molar-refractivity contribution >= 4 is 0 Å². The van der Waals surface area contributed by atoms with E-state index in [1.807, 2.05) is 12.1 Å². The van der Waals surface area contributed by atoms with E-state index >= 15 is 0 Å². The van der Waals surface area contributed by atoms with Gasteiger partial charge in [-0.1, -0.05) is 12.1 Å². The van der Waals surface area contributed by atoms with E-state index in [2.05, 4.69) is 22.8 Å². The van der Waals surface area contributed by atoms with Crippen LogP contribution < -0.4 is 15.4 Å². The molecule has 1 heterocycles. The smallest absolute Gasteiger partial charge is 0.118 e. The second kappa shape index (κ2) is 4.07. The predicted octanol–water partition coefficient (Wildman–Crippen LogP) is 1.00. The second-order valence-electron chi connectivity index (χ2n) is 4.74. The van der Waals surface area contributed by atoms with Crippen molar-refractivity contribution in [2.24, 2.45) is 11.8 Å². The van der Waals surface area contributed by atoms with Gasteiger partial charge < -0.3 is 15.4 Å². The van der Waals surface area contributed by atoms with Crippen LogP contribution >= 0.6 is 0 Å². The Bertz CT molecular complexity index is 353. The van der Waals surface area contributed by atoms with Gasteiger partial charge in [0.15, 0.2) is 0 Å². The van der Waals surface area contributed by atoms with Crippen molar-refractivity contribution in [1.82, 2.24) is 10.6 Å². The summed E-state index contributed by atoms with van der Waals surface area (Å²) >= 11 is 0. The Hall–Kier alpha value is -1.06. The molecular weight excluding hydrogens is 200 g/mol. The molecule has 2 N–H and O–H groups in total. The Morgan fingerprint density at radius 3 is 2.56 bits per heavy atom. The molecule has 0 spiro atoms. The Morgan fingerprint density at radius 1 is 1.25 bits per heavy atom. The number of nitrogens with one attached hydrogen (secondary N) is 2. The number of rotatable bonds is 4. The largest absolute Gasteiger partial charge is 0.497 e. The number of methoxy groups -OCH3 is 1. The highest BCUT2D eigenvalue weighted by atomic mass is 16.5. The van der Waals surface area contributed by atoms with Crippen LogP contribution in [0.25, 0.3) is 0 Å². The summed E-state index contributed by atoms with van der Waals surface area (Å²) in [6.07, 6.45) is 0. The number of ether oxygens (including phenoxy) is 1. The molecule has 3 heteroatoms. The maximum Gasteiger partial charge on any atom is 0.118 e. The number of benzene rings is 1. The first-order chi connectivity index (χ1) is 7.88. The van der Waals surface area contributed by atoms with Crippen molar-refractivity contribution < 1.29 is 4.74 Å². The minimum Gasteiger partial charge on any atom is -0.497 e. The average molecular weight is 218 g/mol. The van der Waals surface area contributed by atoms with Gasteiger partial charge in [0.1, 0.15) is 5.75 Å². The van der Waals surface area contributed by atoms with E-state index < -0.39 is 0 Å². The summed E-state index contributed by atoms with van der Waals surface area (Å²) < 4.78 is 5.14. The van der Waals surface area contributed by atoms with E-state index in [1.165, 1.54) is 18.7 Å². The maximum absolute atomic E-state index is 5.14. The highest BCUT2D eigenvalue weighted by Crippen LogP contribution is 2.41. The van der Waals surface area contributed by atoms with Gasteiger partial charge in [-0.2, -0.15) is 0 Å². The summed E-state index contributed by atoms with van der Waals surface area (Å²) in [5.74, 6) is 2.70. The average Bonchev–Trinajstić information content (AvgIpc) is 2.77. The second-order valence-corrected chi connectivity index (χ2v) is 4.74. The molecule has 2 fully saturated rings. The Balaban J connectivity index is 1.51. The van der Waals surface area contributed by atoms with Crippen LogP contribution in [-0.2, 0) is 6.54 Å². The summed E-state index contributed by atoms with van der Waals surface area (Å²) in [6.45, 7) is 3.37. The molecule has 1 saturated carbocycles. The zero-order chi connectivity index (χ0) is 11.0. The van der Waals surface area contributed by atoms with Crippen LogP contribution in [-0.4, -0.2) is 26.2 Å². The molecule has 1 unspecified atom stereocenters.